The van der Waals surface area contributed by atoms with Gasteiger partial charge in [-0.3, -0.25) is 0 Å². The third kappa shape index (κ3) is 12.8. The first-order valence-corrected chi connectivity index (χ1v) is 28.1. The molecular weight excluding hydrogens is 927 g/mol. The van der Waals surface area contributed by atoms with Gasteiger partial charge in [0.05, 0.1) is 25.3 Å². The van der Waals surface area contributed by atoms with Crippen LogP contribution in [0.5, 0.6) is 5.75 Å². The van der Waals surface area contributed by atoms with Crippen molar-refractivity contribution < 1.29 is 35.9 Å². The number of ether oxygens (including phenoxy) is 1. The highest BCUT2D eigenvalue weighted by atomic mass is 32.2. The van der Waals surface area contributed by atoms with Crippen molar-refractivity contribution in [1.29, 1.82) is 0 Å². The summed E-state index contributed by atoms with van der Waals surface area (Å²) in [6.07, 6.45) is -1.09. The molecule has 1 fully saturated rings. The van der Waals surface area contributed by atoms with E-state index in [9.17, 15) is 9.90 Å². The third-order valence-corrected chi connectivity index (χ3v) is 20.5. The van der Waals surface area contributed by atoms with Crippen LogP contribution in [0.3, 0.4) is 0 Å². The number of rotatable bonds is 21. The summed E-state index contributed by atoms with van der Waals surface area (Å²) in [5.41, 5.74) is 11.5. The van der Waals surface area contributed by atoms with Crippen molar-refractivity contribution in [3.05, 3.63) is 124 Å². The number of nitrogens with zero attached hydrogens (tertiary/aromatic N) is 9. The topological polar surface area (TPSA) is 247 Å². The van der Waals surface area contributed by atoms with Crippen molar-refractivity contribution in [3.8, 4) is 17.1 Å². The normalized spacial score (nSPS) is 16.3. The number of benzene rings is 4. The van der Waals surface area contributed by atoms with E-state index < -0.39 is 56.9 Å². The van der Waals surface area contributed by atoms with Crippen LogP contribution in [0.15, 0.2) is 112 Å². The summed E-state index contributed by atoms with van der Waals surface area (Å²) in [6, 6.07) is 27.9. The van der Waals surface area contributed by atoms with Gasteiger partial charge in [-0.1, -0.05) is 98.7 Å². The molecule has 1 saturated heterocycles. The Labute approximate surface area is 399 Å². The first kappa shape index (κ1) is 51.5. The fraction of sp³-hybridized carbons (Fsp3) is 0.435. The van der Waals surface area contributed by atoms with Crippen LogP contribution in [0.1, 0.15) is 57.2 Å². The molecule has 19 nitrogen and oxygen atoms in total. The lowest BCUT2D eigenvalue weighted by Crippen LogP contribution is -2.50. The molecule has 68 heavy (non-hydrogen) atoms. The Hall–Kier alpha value is -5.87. The minimum Gasteiger partial charge on any atom is -0.497 e. The lowest BCUT2D eigenvalue weighted by molar-refractivity contribution is 0.163. The number of aromatic nitrogens is 4. The molecule has 0 saturated carbocycles. The van der Waals surface area contributed by atoms with Gasteiger partial charge in [-0.2, -0.15) is 9.10 Å². The van der Waals surface area contributed by atoms with Gasteiger partial charge in [0.25, 0.3) is 0 Å². The number of sulfonamides is 2. The highest BCUT2D eigenvalue weighted by Gasteiger charge is 2.42. The largest absolute Gasteiger partial charge is 0.497 e. The molecule has 2 heterocycles. The Morgan fingerprint density at radius 1 is 0.956 bits per heavy atom. The zero-order valence-electron chi connectivity index (χ0n) is 39.5. The van der Waals surface area contributed by atoms with Crippen molar-refractivity contribution in [2.75, 3.05) is 38.2 Å². The molecular formula is C46H61N11O8S2Si. The van der Waals surface area contributed by atoms with Gasteiger partial charge in [0, 0.05) is 55.9 Å². The first-order valence-electron chi connectivity index (χ1n) is 22.3. The summed E-state index contributed by atoms with van der Waals surface area (Å²) in [6.45, 7) is 11.9. The molecule has 3 atom stereocenters. The maximum atomic E-state index is 16.0. The van der Waals surface area contributed by atoms with E-state index in [1.165, 1.54) is 15.2 Å². The minimum atomic E-state index is -4.87. The maximum Gasteiger partial charge on any atom is 0.404 e. The number of piperidine rings is 1. The smallest absolute Gasteiger partial charge is 0.404 e. The quantitative estimate of drug-likeness (QED) is 0.0278. The molecule has 3 N–H and O–H groups in total. The second kappa shape index (κ2) is 22.0. The molecule has 22 heteroatoms. The van der Waals surface area contributed by atoms with Crippen molar-refractivity contribution in [1.82, 2.24) is 34.6 Å². The zero-order valence-corrected chi connectivity index (χ0v) is 42.1. The van der Waals surface area contributed by atoms with Gasteiger partial charge >= 0.3 is 6.09 Å². The van der Waals surface area contributed by atoms with Crippen LogP contribution >= 0.6 is 0 Å². The molecule has 2 unspecified atom stereocenters. The van der Waals surface area contributed by atoms with Crippen molar-refractivity contribution in [3.63, 3.8) is 0 Å². The molecule has 0 aliphatic carbocycles. The van der Waals surface area contributed by atoms with E-state index in [0.717, 1.165) is 5.56 Å². The molecule has 6 rings (SSSR count). The Bertz CT molecular complexity index is 2730. The number of azide groups is 1. The molecule has 1 aliphatic rings. The van der Waals surface area contributed by atoms with Crippen LogP contribution in [-0.2, 0) is 44.1 Å². The van der Waals surface area contributed by atoms with Crippen molar-refractivity contribution in [2.24, 2.45) is 11.0 Å². The van der Waals surface area contributed by atoms with E-state index in [-0.39, 0.29) is 54.6 Å². The predicted octanol–water partition coefficient (Wildman–Crippen LogP) is 7.64. The van der Waals surface area contributed by atoms with Gasteiger partial charge in [-0.05, 0) is 95.5 Å². The molecule has 1 amide bonds. The number of carboxylic acid groups (broad SMARTS) is 1. The van der Waals surface area contributed by atoms with Crippen LogP contribution in [0.4, 0.5) is 10.5 Å². The van der Waals surface area contributed by atoms with Gasteiger partial charge in [0.1, 0.15) is 15.5 Å². The second-order valence-electron chi connectivity index (χ2n) is 18.4. The van der Waals surface area contributed by atoms with Crippen molar-refractivity contribution in [2.45, 2.75) is 100 Å². The van der Waals surface area contributed by atoms with Crippen molar-refractivity contribution >= 4 is 40.1 Å². The summed E-state index contributed by atoms with van der Waals surface area (Å²) < 4.78 is 78.1. The maximum absolute atomic E-state index is 16.0. The van der Waals surface area contributed by atoms with E-state index >= 15 is 16.8 Å². The predicted molar refractivity (Wildman–Crippen MR) is 261 cm³/mol. The molecule has 4 aromatic carbocycles. The average Bonchev–Trinajstić information content (AvgIpc) is 3.77. The molecule has 5 aromatic rings. The second-order valence-corrected chi connectivity index (χ2v) is 26.8. The Balaban J connectivity index is 1.58. The summed E-state index contributed by atoms with van der Waals surface area (Å²) >= 11 is 0. The summed E-state index contributed by atoms with van der Waals surface area (Å²) in [7, 11) is -10.7. The van der Waals surface area contributed by atoms with E-state index in [4.69, 9.17) is 19.8 Å². The monoisotopic (exact) mass is 987 g/mol. The van der Waals surface area contributed by atoms with E-state index in [1.54, 1.807) is 73.8 Å². The van der Waals surface area contributed by atoms with E-state index in [0.29, 0.717) is 48.5 Å². The van der Waals surface area contributed by atoms with Crippen LogP contribution < -0.4 is 19.7 Å². The van der Waals surface area contributed by atoms with Crippen LogP contribution in [0, 0.1) is 5.92 Å². The van der Waals surface area contributed by atoms with E-state index in [2.05, 4.69) is 30.4 Å². The summed E-state index contributed by atoms with van der Waals surface area (Å²) in [5.74, 6) is 0.577. The third-order valence-electron chi connectivity index (χ3n) is 12.5. The van der Waals surface area contributed by atoms with Gasteiger partial charge in [-0.15, -0.1) is 10.2 Å². The van der Waals surface area contributed by atoms with Crippen LogP contribution in [0.25, 0.3) is 21.8 Å². The fourth-order valence-corrected chi connectivity index (χ4v) is 12.7. The number of nitrogens with one attached hydrogen (secondary N) is 2. The number of anilines is 1. The number of methoxy groups -OCH3 is 1. The molecule has 1 aliphatic heterocycles. The lowest BCUT2D eigenvalue weighted by atomic mass is 9.90. The lowest BCUT2D eigenvalue weighted by Gasteiger charge is -2.40. The van der Waals surface area contributed by atoms with Crippen LogP contribution in [-0.4, -0.2) is 106 Å². The molecule has 1 aromatic heterocycles. The summed E-state index contributed by atoms with van der Waals surface area (Å²) in [4.78, 5) is 16.9. The molecule has 364 valence electrons. The molecule has 0 bridgehead atoms. The number of carbonyl (C=O) groups is 1. The SMILES string of the molecule is COc1ccc(Cn2nnc(-c3c(N4CCC(CN=[N+]=[N-])CC4C)ccc(S(=O)(=O)NC[C@@H](CNC(=O)O)O[Si](C)(C)C(C)(C)C)c3S(=O)(=O)N(Cc3ccccc3)Cc3ccccc3)n2)cc1. The van der Waals surface area contributed by atoms with Gasteiger partial charge in [0.2, 0.25) is 25.9 Å². The fourth-order valence-electron chi connectivity index (χ4n) is 7.89. The standard InChI is InChI=1S/C46H61N11O8S2Si/c1-33-26-37(27-49-53-47)24-25-56(33)40-22-23-41(66(60,61)50-29-39(28-48-45(58)59)65-68(6,7)46(2,3)4)43(42(40)44-51-54-57(52-44)32-36-18-20-38(64-5)21-19-36)67(62,63)55(30-34-14-10-8-11-15-34)31-35-16-12-9-13-17-35/h8-23,33,37,39,48,50H,24-32H2,1-7H3,(H,58,59)/t33?,37?,39-/m1/s1. The Morgan fingerprint density at radius 3 is 2.15 bits per heavy atom. The highest BCUT2D eigenvalue weighted by molar-refractivity contribution is 7.92. The number of hydrogen-bond acceptors (Lipinski definition) is 12. The number of hydrogen-bond donors (Lipinski definition) is 3. The highest BCUT2D eigenvalue weighted by Crippen LogP contribution is 2.43. The summed E-state index contributed by atoms with van der Waals surface area (Å²) in [5, 5.41) is 29.0. The Kier molecular flexibility index (Phi) is 16.7. The number of tetrazole rings is 1. The average molecular weight is 988 g/mol. The van der Waals surface area contributed by atoms with Gasteiger partial charge < -0.3 is 24.5 Å². The zero-order chi connectivity index (χ0) is 49.3. The number of amides is 1. The van der Waals surface area contributed by atoms with Crippen LogP contribution in [0.2, 0.25) is 18.1 Å². The molecule has 0 radical (unpaired) electrons. The Morgan fingerprint density at radius 2 is 1.59 bits per heavy atom. The van der Waals surface area contributed by atoms with Gasteiger partial charge in [-0.25, -0.2) is 26.4 Å². The van der Waals surface area contributed by atoms with Gasteiger partial charge in [0.15, 0.2) is 8.32 Å². The minimum absolute atomic E-state index is 0.0560. The first-order chi connectivity index (χ1) is 32.2. The van der Waals surface area contributed by atoms with E-state index in [1.807, 2.05) is 70.0 Å². The molecule has 0 spiro atoms.